The number of ether oxygens (including phenoxy) is 1. The number of carbonyl (C=O) groups is 1. The van der Waals surface area contributed by atoms with Crippen molar-refractivity contribution in [1.82, 2.24) is 4.31 Å². The van der Waals surface area contributed by atoms with Crippen molar-refractivity contribution in [3.8, 4) is 5.75 Å². The summed E-state index contributed by atoms with van der Waals surface area (Å²) in [5, 5.41) is 9.38. The van der Waals surface area contributed by atoms with Crippen LogP contribution in [0, 0.1) is 0 Å². The zero-order valence-electron chi connectivity index (χ0n) is 10.4. The number of hydrogen-bond acceptors (Lipinski definition) is 4. The molecular formula is C12H15NO5S. The van der Waals surface area contributed by atoms with Crippen molar-refractivity contribution in [2.75, 3.05) is 18.9 Å². The molecule has 1 unspecified atom stereocenters. The quantitative estimate of drug-likeness (QED) is 0.890. The predicted octanol–water partition coefficient (Wildman–Crippen LogP) is 0.856. The third-order valence-corrected chi connectivity index (χ3v) is 4.86. The molecule has 7 heteroatoms. The van der Waals surface area contributed by atoms with Gasteiger partial charge in [-0.25, -0.2) is 8.42 Å². The number of nitrogens with zero attached hydrogens (tertiary/aromatic N) is 1. The van der Waals surface area contributed by atoms with Crippen LogP contribution in [0.2, 0.25) is 0 Å². The third-order valence-electron chi connectivity index (χ3n) is 3.03. The summed E-state index contributed by atoms with van der Waals surface area (Å²) in [5.74, 6) is -0.919. The van der Waals surface area contributed by atoms with E-state index in [4.69, 9.17) is 4.74 Å². The van der Waals surface area contributed by atoms with Crippen molar-refractivity contribution in [1.29, 1.82) is 0 Å². The van der Waals surface area contributed by atoms with Crippen LogP contribution in [0.5, 0.6) is 5.75 Å². The molecule has 1 aromatic carbocycles. The number of hydrogen-bond donors (Lipinski definition) is 1. The average molecular weight is 285 g/mol. The Hall–Kier alpha value is -1.60. The van der Waals surface area contributed by atoms with Gasteiger partial charge >= 0.3 is 5.97 Å². The Bertz CT molecular complexity index is 584. The van der Waals surface area contributed by atoms with E-state index in [1.165, 1.54) is 6.92 Å². The van der Waals surface area contributed by atoms with Gasteiger partial charge in [0.15, 0.2) is 6.04 Å². The molecular weight excluding hydrogens is 270 g/mol. The van der Waals surface area contributed by atoms with Gasteiger partial charge in [0.2, 0.25) is 10.0 Å². The number of benzene rings is 1. The SMILES string of the molecule is CCS(=O)(=O)N1CCOc2ccccc2C1C(=O)O. The Balaban J connectivity index is 2.56. The second-order valence-electron chi connectivity index (χ2n) is 4.14. The minimum Gasteiger partial charge on any atom is -0.492 e. The molecule has 104 valence electrons. The molecule has 0 saturated carbocycles. The average Bonchev–Trinajstić information content (AvgIpc) is 2.58. The van der Waals surface area contributed by atoms with E-state index < -0.39 is 22.0 Å². The lowest BCUT2D eigenvalue weighted by Gasteiger charge is -2.25. The molecule has 2 rings (SSSR count). The molecule has 0 amide bonds. The Kier molecular flexibility index (Phi) is 3.77. The molecule has 1 aromatic rings. The molecule has 1 N–H and O–H groups in total. The standard InChI is InChI=1S/C12H15NO5S/c1-2-19(16,17)13-7-8-18-10-6-4-3-5-9(10)11(13)12(14)15/h3-6,11H,2,7-8H2,1H3,(H,14,15). The second-order valence-corrected chi connectivity index (χ2v) is 6.35. The van der Waals surface area contributed by atoms with Gasteiger partial charge in [-0.3, -0.25) is 4.79 Å². The van der Waals surface area contributed by atoms with Gasteiger partial charge in [0.1, 0.15) is 12.4 Å². The van der Waals surface area contributed by atoms with Crippen molar-refractivity contribution in [2.24, 2.45) is 0 Å². The molecule has 0 fully saturated rings. The van der Waals surface area contributed by atoms with Crippen LogP contribution >= 0.6 is 0 Å². The fraction of sp³-hybridized carbons (Fsp3) is 0.417. The number of fused-ring (bicyclic) bond motifs is 1. The molecule has 1 aliphatic rings. The van der Waals surface area contributed by atoms with Crippen LogP contribution in [0.3, 0.4) is 0 Å². The molecule has 1 atom stereocenters. The minimum absolute atomic E-state index is 0.0296. The van der Waals surface area contributed by atoms with Gasteiger partial charge in [0.25, 0.3) is 0 Å². The highest BCUT2D eigenvalue weighted by atomic mass is 32.2. The van der Waals surface area contributed by atoms with Crippen LogP contribution in [0.25, 0.3) is 0 Å². The Morgan fingerprint density at radius 2 is 2.16 bits per heavy atom. The van der Waals surface area contributed by atoms with Crippen LogP contribution in [0.15, 0.2) is 24.3 Å². The van der Waals surface area contributed by atoms with E-state index in [1.54, 1.807) is 24.3 Å². The summed E-state index contributed by atoms with van der Waals surface area (Å²) in [6.07, 6.45) is 0. The first-order valence-electron chi connectivity index (χ1n) is 5.91. The normalized spacial score (nSPS) is 20.2. The van der Waals surface area contributed by atoms with Gasteiger partial charge in [0, 0.05) is 12.1 Å². The van der Waals surface area contributed by atoms with Crippen molar-refractivity contribution in [3.63, 3.8) is 0 Å². The molecule has 1 aliphatic heterocycles. The fourth-order valence-electron chi connectivity index (χ4n) is 2.09. The van der Waals surface area contributed by atoms with Gasteiger partial charge in [-0.15, -0.1) is 0 Å². The molecule has 0 saturated heterocycles. The van der Waals surface area contributed by atoms with E-state index in [0.29, 0.717) is 11.3 Å². The lowest BCUT2D eigenvalue weighted by atomic mass is 10.1. The highest BCUT2D eigenvalue weighted by Crippen LogP contribution is 2.33. The topological polar surface area (TPSA) is 83.9 Å². The van der Waals surface area contributed by atoms with E-state index in [2.05, 4.69) is 0 Å². The van der Waals surface area contributed by atoms with Crippen molar-refractivity contribution >= 4 is 16.0 Å². The Morgan fingerprint density at radius 1 is 1.47 bits per heavy atom. The maximum atomic E-state index is 12.0. The van der Waals surface area contributed by atoms with Gasteiger partial charge in [-0.2, -0.15) is 4.31 Å². The van der Waals surface area contributed by atoms with Crippen LogP contribution in [-0.2, 0) is 14.8 Å². The number of rotatable bonds is 3. The van der Waals surface area contributed by atoms with Crippen LogP contribution in [-0.4, -0.2) is 42.7 Å². The second kappa shape index (κ2) is 5.18. The molecule has 0 spiro atoms. The first-order chi connectivity index (χ1) is 8.97. The van der Waals surface area contributed by atoms with Crippen molar-refractivity contribution in [2.45, 2.75) is 13.0 Å². The van der Waals surface area contributed by atoms with E-state index in [-0.39, 0.29) is 18.9 Å². The molecule has 1 heterocycles. The van der Waals surface area contributed by atoms with E-state index in [0.717, 1.165) is 4.31 Å². The largest absolute Gasteiger partial charge is 0.492 e. The van der Waals surface area contributed by atoms with E-state index in [1.807, 2.05) is 0 Å². The van der Waals surface area contributed by atoms with Gasteiger partial charge in [-0.1, -0.05) is 18.2 Å². The molecule has 0 aliphatic carbocycles. The number of carboxylic acid groups (broad SMARTS) is 1. The Morgan fingerprint density at radius 3 is 2.79 bits per heavy atom. The molecule has 0 aromatic heterocycles. The maximum Gasteiger partial charge on any atom is 0.326 e. The number of para-hydroxylation sites is 1. The summed E-state index contributed by atoms with van der Waals surface area (Å²) in [6.45, 7) is 1.66. The first-order valence-corrected chi connectivity index (χ1v) is 7.52. The van der Waals surface area contributed by atoms with Crippen LogP contribution in [0.1, 0.15) is 18.5 Å². The third kappa shape index (κ3) is 2.57. The number of aliphatic carboxylic acids is 1. The molecule has 0 radical (unpaired) electrons. The number of carboxylic acids is 1. The van der Waals surface area contributed by atoms with Gasteiger partial charge in [0.05, 0.1) is 5.75 Å². The number of sulfonamides is 1. The molecule has 19 heavy (non-hydrogen) atoms. The highest BCUT2D eigenvalue weighted by Gasteiger charge is 2.38. The zero-order chi connectivity index (χ0) is 14.0. The summed E-state index contributed by atoms with van der Waals surface area (Å²) in [7, 11) is -3.61. The first kappa shape index (κ1) is 13.8. The fourth-order valence-corrected chi connectivity index (χ4v) is 3.30. The molecule has 6 nitrogen and oxygen atoms in total. The van der Waals surface area contributed by atoms with Crippen molar-refractivity contribution in [3.05, 3.63) is 29.8 Å². The molecule has 0 bridgehead atoms. The highest BCUT2D eigenvalue weighted by molar-refractivity contribution is 7.89. The Labute approximate surface area is 111 Å². The van der Waals surface area contributed by atoms with Crippen LogP contribution < -0.4 is 4.74 Å². The summed E-state index contributed by atoms with van der Waals surface area (Å²) < 4.78 is 30.5. The summed E-state index contributed by atoms with van der Waals surface area (Å²) in [4.78, 5) is 11.5. The smallest absolute Gasteiger partial charge is 0.326 e. The maximum absolute atomic E-state index is 12.0. The van der Waals surface area contributed by atoms with Gasteiger partial charge < -0.3 is 9.84 Å². The van der Waals surface area contributed by atoms with Crippen molar-refractivity contribution < 1.29 is 23.1 Å². The van der Waals surface area contributed by atoms with E-state index >= 15 is 0 Å². The lowest BCUT2D eigenvalue weighted by molar-refractivity contribution is -0.141. The monoisotopic (exact) mass is 285 g/mol. The lowest BCUT2D eigenvalue weighted by Crippen LogP contribution is -2.40. The summed E-state index contributed by atoms with van der Waals surface area (Å²) >= 11 is 0. The van der Waals surface area contributed by atoms with Gasteiger partial charge in [-0.05, 0) is 13.0 Å². The predicted molar refractivity (Wildman–Crippen MR) is 68.5 cm³/mol. The van der Waals surface area contributed by atoms with E-state index in [9.17, 15) is 18.3 Å². The minimum atomic E-state index is -3.61. The van der Waals surface area contributed by atoms with Crippen LogP contribution in [0.4, 0.5) is 0 Å². The zero-order valence-corrected chi connectivity index (χ0v) is 11.3. The summed E-state index contributed by atoms with van der Waals surface area (Å²) in [6, 6.07) is 5.39. The summed E-state index contributed by atoms with van der Waals surface area (Å²) in [5.41, 5.74) is 0.365.